The van der Waals surface area contributed by atoms with Gasteiger partial charge in [-0.3, -0.25) is 9.52 Å². The van der Waals surface area contributed by atoms with Crippen LogP contribution in [0.5, 0.6) is 5.75 Å². The third-order valence-electron chi connectivity index (χ3n) is 4.34. The van der Waals surface area contributed by atoms with Gasteiger partial charge in [0.1, 0.15) is 18.2 Å². The van der Waals surface area contributed by atoms with Gasteiger partial charge in [0.15, 0.2) is 0 Å². The van der Waals surface area contributed by atoms with Gasteiger partial charge in [-0.1, -0.05) is 24.3 Å². The summed E-state index contributed by atoms with van der Waals surface area (Å²) in [5, 5.41) is 2.49. The second-order valence-electron chi connectivity index (χ2n) is 6.74. The van der Waals surface area contributed by atoms with Crippen molar-refractivity contribution in [3.05, 3.63) is 89.7 Å². The quantitative estimate of drug-likeness (QED) is 0.367. The Labute approximate surface area is 187 Å². The summed E-state index contributed by atoms with van der Waals surface area (Å²) in [5.74, 6) is -1.38. The minimum atomic E-state index is -4.50. The van der Waals surface area contributed by atoms with Crippen LogP contribution < -0.4 is 14.8 Å². The van der Waals surface area contributed by atoms with E-state index in [0.717, 1.165) is 24.3 Å². The van der Waals surface area contributed by atoms with E-state index in [0.29, 0.717) is 0 Å². The van der Waals surface area contributed by atoms with Gasteiger partial charge in [0.2, 0.25) is 0 Å². The first kappa shape index (κ1) is 24.1. The van der Waals surface area contributed by atoms with Crippen LogP contribution in [0.2, 0.25) is 0 Å². The van der Waals surface area contributed by atoms with Crippen molar-refractivity contribution in [2.45, 2.75) is 11.1 Å². The molecule has 2 N–H and O–H groups in total. The van der Waals surface area contributed by atoms with Crippen LogP contribution in [-0.2, 0) is 16.2 Å². The highest BCUT2D eigenvalue weighted by molar-refractivity contribution is 7.92. The summed E-state index contributed by atoms with van der Waals surface area (Å²) in [6.45, 7) is -0.153. The zero-order chi connectivity index (χ0) is 24.1. The molecule has 0 unspecified atom stereocenters. The number of benzene rings is 3. The molecule has 11 heteroatoms. The molecular weight excluding hydrogens is 464 g/mol. The molecule has 0 saturated heterocycles. The topological polar surface area (TPSA) is 84.5 Å². The van der Waals surface area contributed by atoms with Crippen molar-refractivity contribution in [2.75, 3.05) is 17.9 Å². The molecule has 3 aromatic carbocycles. The van der Waals surface area contributed by atoms with E-state index in [4.69, 9.17) is 4.74 Å². The number of amides is 1. The Morgan fingerprint density at radius 3 is 2.39 bits per heavy atom. The predicted octanol–water partition coefficient (Wildman–Crippen LogP) is 4.45. The number of alkyl halides is 3. The van der Waals surface area contributed by atoms with Crippen molar-refractivity contribution >= 4 is 21.6 Å². The second-order valence-corrected chi connectivity index (χ2v) is 8.43. The van der Waals surface area contributed by atoms with Crippen LogP contribution in [0.3, 0.4) is 0 Å². The summed E-state index contributed by atoms with van der Waals surface area (Å²) >= 11 is 0. The van der Waals surface area contributed by atoms with Crippen molar-refractivity contribution in [1.82, 2.24) is 5.32 Å². The van der Waals surface area contributed by atoms with Gasteiger partial charge in [0, 0.05) is 5.56 Å². The van der Waals surface area contributed by atoms with E-state index in [9.17, 15) is 30.8 Å². The summed E-state index contributed by atoms with van der Waals surface area (Å²) in [6, 6.07) is 14.7. The molecule has 3 rings (SSSR count). The number of sulfonamides is 1. The lowest BCUT2D eigenvalue weighted by atomic mass is 10.2. The molecule has 0 fully saturated rings. The molecule has 33 heavy (non-hydrogen) atoms. The minimum absolute atomic E-state index is 0.00798. The number of nitrogens with one attached hydrogen (secondary N) is 2. The lowest BCUT2D eigenvalue weighted by Gasteiger charge is -2.12. The monoisotopic (exact) mass is 482 g/mol. The van der Waals surface area contributed by atoms with Gasteiger partial charge in [-0.25, -0.2) is 12.8 Å². The highest BCUT2D eigenvalue weighted by Crippen LogP contribution is 2.31. The summed E-state index contributed by atoms with van der Waals surface area (Å²) in [6.07, 6.45) is -4.50. The van der Waals surface area contributed by atoms with Gasteiger partial charge in [-0.2, -0.15) is 13.2 Å². The summed E-state index contributed by atoms with van der Waals surface area (Å²) < 4.78 is 84.4. The van der Waals surface area contributed by atoms with Crippen molar-refractivity contribution in [1.29, 1.82) is 0 Å². The molecular formula is C22H18F4N2O4S. The van der Waals surface area contributed by atoms with E-state index in [1.165, 1.54) is 48.5 Å². The molecule has 0 spiro atoms. The first-order valence-corrected chi connectivity index (χ1v) is 11.0. The fourth-order valence-electron chi connectivity index (χ4n) is 2.75. The van der Waals surface area contributed by atoms with E-state index in [1.54, 1.807) is 0 Å². The number of carbonyl (C=O) groups is 1. The number of hydrogen-bond donors (Lipinski definition) is 2. The smallest absolute Gasteiger partial charge is 0.416 e. The van der Waals surface area contributed by atoms with E-state index in [-0.39, 0.29) is 35.0 Å². The van der Waals surface area contributed by atoms with E-state index >= 15 is 0 Å². The van der Waals surface area contributed by atoms with Gasteiger partial charge in [-0.05, 0) is 48.5 Å². The van der Waals surface area contributed by atoms with Crippen molar-refractivity contribution in [3.63, 3.8) is 0 Å². The summed E-state index contributed by atoms with van der Waals surface area (Å²) in [7, 11) is -4.16. The second kappa shape index (κ2) is 9.90. The third-order valence-corrected chi connectivity index (χ3v) is 5.71. The van der Waals surface area contributed by atoms with Crippen LogP contribution in [0.25, 0.3) is 0 Å². The average molecular weight is 482 g/mol. The van der Waals surface area contributed by atoms with Crippen LogP contribution in [-0.4, -0.2) is 27.5 Å². The van der Waals surface area contributed by atoms with Gasteiger partial charge in [0.05, 0.1) is 22.7 Å². The Balaban J connectivity index is 1.59. The normalized spacial score (nSPS) is 11.6. The van der Waals surface area contributed by atoms with Crippen LogP contribution in [0, 0.1) is 5.82 Å². The highest BCUT2D eigenvalue weighted by atomic mass is 32.2. The molecule has 1 amide bonds. The number of anilines is 1. The Bertz CT molecular complexity index is 1250. The van der Waals surface area contributed by atoms with Gasteiger partial charge < -0.3 is 10.1 Å². The molecule has 0 radical (unpaired) electrons. The fraction of sp³-hybridized carbons (Fsp3) is 0.136. The van der Waals surface area contributed by atoms with E-state index in [2.05, 4.69) is 10.0 Å². The zero-order valence-corrected chi connectivity index (χ0v) is 17.7. The molecule has 3 aromatic rings. The van der Waals surface area contributed by atoms with Crippen LogP contribution in [0.15, 0.2) is 77.7 Å². The SMILES string of the molecule is O=C(NCCOc1cccc(C(F)(F)F)c1)c1cccc(S(=O)(=O)Nc2ccccc2F)c1. The summed E-state index contributed by atoms with van der Waals surface area (Å²) in [5.41, 5.74) is -1.07. The number of hydrogen-bond acceptors (Lipinski definition) is 4. The van der Waals surface area contributed by atoms with Crippen molar-refractivity contribution in [3.8, 4) is 5.75 Å². The Hall–Kier alpha value is -3.60. The number of ether oxygens (including phenoxy) is 1. The molecule has 0 saturated carbocycles. The molecule has 6 nitrogen and oxygen atoms in total. The standard InChI is InChI=1S/C22H18F4N2O4S/c23-19-9-1-2-10-20(19)28-33(30,31)18-8-3-5-15(13-18)21(29)27-11-12-32-17-7-4-6-16(14-17)22(24,25)26/h1-10,13-14,28H,11-12H2,(H,27,29). The van der Waals surface area contributed by atoms with E-state index in [1.807, 2.05) is 0 Å². The molecule has 0 bridgehead atoms. The van der Waals surface area contributed by atoms with Gasteiger partial charge >= 0.3 is 6.18 Å². The molecule has 0 aromatic heterocycles. The third kappa shape index (κ3) is 6.45. The number of para-hydroxylation sites is 1. The lowest BCUT2D eigenvalue weighted by Crippen LogP contribution is -2.28. The minimum Gasteiger partial charge on any atom is -0.492 e. The molecule has 0 heterocycles. The fourth-order valence-corrected chi connectivity index (χ4v) is 3.86. The Morgan fingerprint density at radius 1 is 0.939 bits per heavy atom. The van der Waals surface area contributed by atoms with Crippen molar-refractivity contribution in [2.24, 2.45) is 0 Å². The molecule has 174 valence electrons. The maximum atomic E-state index is 13.8. The largest absolute Gasteiger partial charge is 0.492 e. The van der Waals surface area contributed by atoms with Crippen molar-refractivity contribution < 1.29 is 35.5 Å². The molecule has 0 aliphatic rings. The van der Waals surface area contributed by atoms with Crippen LogP contribution >= 0.6 is 0 Å². The Kier molecular flexibility index (Phi) is 7.22. The highest BCUT2D eigenvalue weighted by Gasteiger charge is 2.30. The first-order valence-electron chi connectivity index (χ1n) is 9.52. The molecule has 0 aliphatic heterocycles. The summed E-state index contributed by atoms with van der Waals surface area (Å²) in [4.78, 5) is 12.1. The van der Waals surface area contributed by atoms with Gasteiger partial charge in [-0.15, -0.1) is 0 Å². The van der Waals surface area contributed by atoms with E-state index < -0.39 is 33.5 Å². The predicted molar refractivity (Wildman–Crippen MR) is 113 cm³/mol. The maximum absolute atomic E-state index is 13.8. The van der Waals surface area contributed by atoms with Gasteiger partial charge in [0.25, 0.3) is 15.9 Å². The van der Waals surface area contributed by atoms with Crippen LogP contribution in [0.4, 0.5) is 23.2 Å². The Morgan fingerprint density at radius 2 is 1.67 bits per heavy atom. The number of halogens is 4. The number of carbonyl (C=O) groups excluding carboxylic acids is 1. The average Bonchev–Trinajstić information content (AvgIpc) is 2.78. The van der Waals surface area contributed by atoms with Crippen LogP contribution in [0.1, 0.15) is 15.9 Å². The maximum Gasteiger partial charge on any atom is 0.416 e. The molecule has 0 aliphatic carbocycles. The zero-order valence-electron chi connectivity index (χ0n) is 16.9. The number of rotatable bonds is 8. The lowest BCUT2D eigenvalue weighted by molar-refractivity contribution is -0.137. The first-order chi connectivity index (χ1) is 15.6. The molecule has 0 atom stereocenters.